The zero-order valence-corrected chi connectivity index (χ0v) is 22.9. The number of anilines is 1. The lowest BCUT2D eigenvalue weighted by atomic mass is 10.0. The number of aliphatic carboxylic acids is 1. The summed E-state index contributed by atoms with van der Waals surface area (Å²) in [6, 6.07) is 12.5. The number of ether oxygens (including phenoxy) is 1. The maximum Gasteiger partial charge on any atom is 0.323 e. The first-order chi connectivity index (χ1) is 20.1. The van der Waals surface area contributed by atoms with Crippen molar-refractivity contribution >= 4 is 46.8 Å². The Morgan fingerprint density at radius 2 is 1.83 bits per heavy atom. The number of carboxylic acids is 1. The number of nitrogens with zero attached hydrogens (tertiary/aromatic N) is 4. The lowest BCUT2D eigenvalue weighted by Crippen LogP contribution is -2.55. The number of halogens is 1. The van der Waals surface area contributed by atoms with Gasteiger partial charge in [-0.05, 0) is 42.0 Å². The minimum atomic E-state index is -1.50. The van der Waals surface area contributed by atoms with Crippen molar-refractivity contribution in [3.63, 3.8) is 0 Å². The number of benzene rings is 2. The molecule has 3 aromatic rings. The van der Waals surface area contributed by atoms with E-state index in [9.17, 15) is 34.4 Å². The number of aromatic nitrogens is 1. The van der Waals surface area contributed by atoms with Gasteiger partial charge in [-0.1, -0.05) is 23.7 Å². The van der Waals surface area contributed by atoms with Crippen molar-refractivity contribution in [1.29, 1.82) is 0 Å². The molecule has 0 bridgehead atoms. The number of carbonyl (C=O) groups excluding carboxylic acids is 3. The molecular formula is C27H25ClN6O8. The largest absolute Gasteiger partial charge is 0.497 e. The summed E-state index contributed by atoms with van der Waals surface area (Å²) < 4.78 is 5.12. The summed E-state index contributed by atoms with van der Waals surface area (Å²) in [6.07, 6.45) is -0.885. The minimum absolute atomic E-state index is 0.0318. The lowest BCUT2D eigenvalue weighted by Gasteiger charge is -2.30. The molecule has 1 aromatic heterocycles. The SMILES string of the molecule is COc1ccc(NC(=O)N2CCN(C(=O)c3ccc(Cl)nc3)C2C(=O)NC(CC(=O)O)c2cccc([N+](=O)[O-])c2)cc1. The summed E-state index contributed by atoms with van der Waals surface area (Å²) in [6.45, 7) is -0.0662. The van der Waals surface area contributed by atoms with Crippen LogP contribution in [0.3, 0.4) is 0 Å². The molecule has 4 amide bonds. The number of carboxylic acid groups (broad SMARTS) is 1. The Hall–Kier alpha value is -5.24. The van der Waals surface area contributed by atoms with Crippen molar-refractivity contribution in [3.05, 3.63) is 93.3 Å². The predicted molar refractivity (Wildman–Crippen MR) is 149 cm³/mol. The molecule has 0 saturated carbocycles. The van der Waals surface area contributed by atoms with Crippen LogP contribution in [0.25, 0.3) is 0 Å². The Morgan fingerprint density at radius 1 is 1.12 bits per heavy atom. The molecule has 3 N–H and O–H groups in total. The summed E-state index contributed by atoms with van der Waals surface area (Å²) in [7, 11) is 1.49. The molecule has 2 heterocycles. The van der Waals surface area contributed by atoms with Gasteiger partial charge < -0.3 is 25.4 Å². The van der Waals surface area contributed by atoms with E-state index in [1.54, 1.807) is 24.3 Å². The quantitative estimate of drug-likeness (QED) is 0.189. The van der Waals surface area contributed by atoms with Gasteiger partial charge in [0.15, 0.2) is 6.17 Å². The summed E-state index contributed by atoms with van der Waals surface area (Å²) in [5.74, 6) is -2.22. The van der Waals surface area contributed by atoms with Crippen LogP contribution in [0, 0.1) is 10.1 Å². The third-order valence-corrected chi connectivity index (χ3v) is 6.65. The Kier molecular flexibility index (Phi) is 9.17. The molecular weight excluding hydrogens is 572 g/mol. The number of rotatable bonds is 9. The Balaban J connectivity index is 1.65. The molecule has 1 aliphatic heterocycles. The molecule has 2 unspecified atom stereocenters. The van der Waals surface area contributed by atoms with Crippen LogP contribution in [0.2, 0.25) is 5.15 Å². The van der Waals surface area contributed by atoms with Crippen LogP contribution in [0.1, 0.15) is 28.4 Å². The first-order valence-corrected chi connectivity index (χ1v) is 12.9. The summed E-state index contributed by atoms with van der Waals surface area (Å²) in [5, 5.41) is 26.2. The van der Waals surface area contributed by atoms with Crippen molar-refractivity contribution in [2.45, 2.75) is 18.6 Å². The molecule has 1 aliphatic rings. The average Bonchev–Trinajstić information content (AvgIpc) is 3.43. The zero-order chi connectivity index (χ0) is 30.4. The van der Waals surface area contributed by atoms with E-state index in [-0.39, 0.29) is 35.1 Å². The molecule has 1 fully saturated rings. The van der Waals surface area contributed by atoms with Crippen LogP contribution >= 0.6 is 11.6 Å². The number of nitro benzene ring substituents is 1. The Bertz CT molecular complexity index is 1500. The predicted octanol–water partition coefficient (Wildman–Crippen LogP) is 3.30. The fourth-order valence-electron chi connectivity index (χ4n) is 4.40. The molecule has 2 atom stereocenters. The second-order valence-electron chi connectivity index (χ2n) is 9.10. The first-order valence-electron chi connectivity index (χ1n) is 12.5. The fraction of sp³-hybridized carbons (Fsp3) is 0.222. The second kappa shape index (κ2) is 13.0. The molecule has 218 valence electrons. The monoisotopic (exact) mass is 596 g/mol. The van der Waals surface area contributed by atoms with E-state index in [4.69, 9.17) is 16.3 Å². The van der Waals surface area contributed by atoms with E-state index < -0.39 is 47.4 Å². The Labute approximate surface area is 244 Å². The van der Waals surface area contributed by atoms with Crippen molar-refractivity contribution in [2.24, 2.45) is 0 Å². The van der Waals surface area contributed by atoms with Crippen LogP contribution in [0.15, 0.2) is 66.9 Å². The third-order valence-electron chi connectivity index (χ3n) is 6.42. The molecule has 2 aromatic carbocycles. The second-order valence-corrected chi connectivity index (χ2v) is 9.49. The van der Waals surface area contributed by atoms with E-state index in [1.807, 2.05) is 0 Å². The fourth-order valence-corrected chi connectivity index (χ4v) is 4.51. The molecule has 42 heavy (non-hydrogen) atoms. The van der Waals surface area contributed by atoms with Gasteiger partial charge in [0.25, 0.3) is 17.5 Å². The maximum absolute atomic E-state index is 13.8. The highest BCUT2D eigenvalue weighted by atomic mass is 35.5. The molecule has 4 rings (SSSR count). The highest BCUT2D eigenvalue weighted by Crippen LogP contribution is 2.25. The zero-order valence-electron chi connectivity index (χ0n) is 22.1. The summed E-state index contributed by atoms with van der Waals surface area (Å²) in [5.41, 5.74) is 0.361. The van der Waals surface area contributed by atoms with E-state index in [0.29, 0.717) is 11.4 Å². The van der Waals surface area contributed by atoms with Gasteiger partial charge in [-0.3, -0.25) is 29.4 Å². The molecule has 0 spiro atoms. The number of nitro groups is 1. The smallest absolute Gasteiger partial charge is 0.323 e. The van der Waals surface area contributed by atoms with Gasteiger partial charge in [-0.2, -0.15) is 0 Å². The topological polar surface area (TPSA) is 184 Å². The lowest BCUT2D eigenvalue weighted by molar-refractivity contribution is -0.384. The van der Waals surface area contributed by atoms with Crippen molar-refractivity contribution in [2.75, 3.05) is 25.5 Å². The van der Waals surface area contributed by atoms with Gasteiger partial charge in [-0.25, -0.2) is 9.78 Å². The van der Waals surface area contributed by atoms with Crippen molar-refractivity contribution in [3.8, 4) is 5.75 Å². The van der Waals surface area contributed by atoms with Gasteiger partial charge in [0.1, 0.15) is 10.9 Å². The van der Waals surface area contributed by atoms with E-state index in [1.165, 1.54) is 43.6 Å². The maximum atomic E-state index is 13.8. The summed E-state index contributed by atoms with van der Waals surface area (Å²) >= 11 is 5.84. The summed E-state index contributed by atoms with van der Waals surface area (Å²) in [4.78, 5) is 69.1. The number of non-ortho nitro benzene ring substituents is 1. The highest BCUT2D eigenvalue weighted by molar-refractivity contribution is 6.29. The van der Waals surface area contributed by atoms with Gasteiger partial charge in [-0.15, -0.1) is 0 Å². The van der Waals surface area contributed by atoms with Crippen LogP contribution < -0.4 is 15.4 Å². The van der Waals surface area contributed by atoms with Crippen LogP contribution in [-0.4, -0.2) is 75.0 Å². The first kappa shape index (κ1) is 29.7. The Morgan fingerprint density at radius 3 is 2.45 bits per heavy atom. The van der Waals surface area contributed by atoms with Gasteiger partial charge in [0.05, 0.1) is 30.1 Å². The normalized spacial score (nSPS) is 15.0. The number of carbonyl (C=O) groups is 4. The molecule has 1 saturated heterocycles. The molecule has 14 nitrogen and oxygen atoms in total. The number of pyridine rings is 1. The number of hydrogen-bond acceptors (Lipinski definition) is 8. The molecule has 15 heteroatoms. The van der Waals surface area contributed by atoms with Gasteiger partial charge in [0.2, 0.25) is 0 Å². The van der Waals surface area contributed by atoms with E-state index in [0.717, 1.165) is 15.9 Å². The van der Waals surface area contributed by atoms with Crippen molar-refractivity contribution < 1.29 is 33.9 Å². The van der Waals surface area contributed by atoms with Gasteiger partial charge in [0, 0.05) is 37.1 Å². The van der Waals surface area contributed by atoms with Crippen molar-refractivity contribution in [1.82, 2.24) is 20.1 Å². The average molecular weight is 597 g/mol. The van der Waals surface area contributed by atoms with Crippen LogP contribution in [0.4, 0.5) is 16.2 Å². The number of hydrogen-bond donors (Lipinski definition) is 3. The number of urea groups is 1. The molecule has 0 aliphatic carbocycles. The number of methoxy groups -OCH3 is 1. The number of amides is 4. The minimum Gasteiger partial charge on any atom is -0.497 e. The van der Waals surface area contributed by atoms with E-state index >= 15 is 0 Å². The number of nitrogens with one attached hydrogen (secondary N) is 2. The van der Waals surface area contributed by atoms with Crippen LogP contribution in [-0.2, 0) is 9.59 Å². The van der Waals surface area contributed by atoms with Gasteiger partial charge >= 0.3 is 12.0 Å². The van der Waals surface area contributed by atoms with E-state index in [2.05, 4.69) is 15.6 Å². The molecule has 0 radical (unpaired) electrons. The third kappa shape index (κ3) is 6.90. The highest BCUT2D eigenvalue weighted by Gasteiger charge is 2.44. The standard InChI is InChI=1S/C27H25ClN6O8/c1-42-20-8-6-18(7-9-20)30-27(39)33-12-11-32(26(38)17-5-10-22(28)29-15-17)25(33)24(37)31-21(14-23(35)36)16-3-2-4-19(13-16)34(40)41/h2-10,13,15,21,25H,11-12,14H2,1H3,(H,30,39)(H,31,37)(H,35,36). The van der Waals surface area contributed by atoms with Crippen LogP contribution in [0.5, 0.6) is 5.75 Å².